The van der Waals surface area contributed by atoms with Crippen LogP contribution in [0, 0.1) is 0 Å². The monoisotopic (exact) mass is 706 g/mol. The van der Waals surface area contributed by atoms with E-state index in [1.54, 1.807) is 14.0 Å². The average molecular weight is 707 g/mol. The Labute approximate surface area is 312 Å². The number of benzene rings is 4. The molecule has 1 aliphatic rings. The number of hydrogen-bond acceptors (Lipinski definition) is 7. The van der Waals surface area contributed by atoms with Gasteiger partial charge in [-0.2, -0.15) is 0 Å². The quantitative estimate of drug-likeness (QED) is 0.0775. The molecule has 1 heterocycles. The van der Waals surface area contributed by atoms with Crippen molar-refractivity contribution in [3.8, 4) is 23.0 Å². The Kier molecular flexibility index (Phi) is 12.3. The van der Waals surface area contributed by atoms with Gasteiger partial charge < -0.3 is 33.5 Å². The molecule has 276 valence electrons. The molecule has 2 radical (unpaired) electrons. The zero-order valence-electron chi connectivity index (χ0n) is 32.1. The molecule has 7 nitrogen and oxygen atoms in total. The van der Waals surface area contributed by atoms with Gasteiger partial charge in [0.1, 0.15) is 55.8 Å². The molecule has 0 saturated carbocycles. The molecule has 4 aromatic rings. The minimum Gasteiger partial charge on any atom is -0.498 e. The van der Waals surface area contributed by atoms with Gasteiger partial charge in [-0.3, -0.25) is 0 Å². The minimum absolute atomic E-state index is 0.0897. The van der Waals surface area contributed by atoms with E-state index in [0.717, 1.165) is 35.7 Å². The van der Waals surface area contributed by atoms with E-state index in [4.69, 9.17) is 36.3 Å². The van der Waals surface area contributed by atoms with Gasteiger partial charge in [0.05, 0.1) is 18.2 Å². The first kappa shape index (κ1) is 39.2. The van der Waals surface area contributed by atoms with Crippen molar-refractivity contribution in [2.24, 2.45) is 0 Å². The Balaban J connectivity index is 1.09. The lowest BCUT2D eigenvalue weighted by atomic mass is 9.77. The predicted molar refractivity (Wildman–Crippen MR) is 207 cm³/mol. The normalized spacial score (nSPS) is 16.4. The van der Waals surface area contributed by atoms with Crippen LogP contribution in [0.15, 0.2) is 97.1 Å². The van der Waals surface area contributed by atoms with Crippen LogP contribution in [-0.2, 0) is 20.3 Å². The number of aliphatic hydroxyl groups excluding tert-OH is 1. The zero-order valence-corrected chi connectivity index (χ0v) is 32.1. The number of methoxy groups -OCH3 is 1. The highest BCUT2D eigenvalue weighted by Crippen LogP contribution is 2.36. The maximum absolute atomic E-state index is 10.8. The standard InChI is InChI=1S/C44H55BO7/c1-41(2,25-26-47-8)51-38-21-13-33(14-22-38)42(3,4)31-9-17-36(18-10-31)48-28-35(46)27-44(7,45)52-39-23-15-34(16-24-39)43(5,6)32-11-19-37(20-12-32)49-29-40-30-50-40/h9-24,35,40,46H,25-30H2,1-8H3. The van der Waals surface area contributed by atoms with Crippen LogP contribution in [0.1, 0.15) is 83.6 Å². The minimum atomic E-state index is -1.10. The third-order valence-corrected chi connectivity index (χ3v) is 9.88. The lowest BCUT2D eigenvalue weighted by molar-refractivity contribution is 0.0478. The predicted octanol–water partition coefficient (Wildman–Crippen LogP) is 8.40. The van der Waals surface area contributed by atoms with E-state index in [0.29, 0.717) is 24.7 Å². The summed E-state index contributed by atoms with van der Waals surface area (Å²) in [6.07, 6.45) is 0.401. The molecule has 52 heavy (non-hydrogen) atoms. The van der Waals surface area contributed by atoms with E-state index in [2.05, 4.69) is 90.1 Å². The Morgan fingerprint density at radius 3 is 1.48 bits per heavy atom. The summed E-state index contributed by atoms with van der Waals surface area (Å²) in [7, 11) is 8.21. The van der Waals surface area contributed by atoms with Gasteiger partial charge in [0, 0.05) is 37.4 Å². The summed E-state index contributed by atoms with van der Waals surface area (Å²) in [5.41, 5.74) is 2.76. The third-order valence-electron chi connectivity index (χ3n) is 9.88. The first-order chi connectivity index (χ1) is 24.6. The van der Waals surface area contributed by atoms with Crippen molar-refractivity contribution < 1.29 is 33.5 Å². The van der Waals surface area contributed by atoms with Gasteiger partial charge in [-0.15, -0.1) is 0 Å². The SMILES string of the molecule is [B]C(C)(CC(O)COc1ccc(C(C)(C)c2ccc(OC(C)(C)CCOC)cc2)cc1)Oc1ccc(C(C)(C)c2ccc(OCC3CO3)cc2)cc1. The number of rotatable bonds is 19. The van der Waals surface area contributed by atoms with Gasteiger partial charge in [-0.25, -0.2) is 0 Å². The fourth-order valence-corrected chi connectivity index (χ4v) is 6.25. The number of ether oxygens (including phenoxy) is 6. The lowest BCUT2D eigenvalue weighted by Crippen LogP contribution is -2.38. The third kappa shape index (κ3) is 10.8. The van der Waals surface area contributed by atoms with Crippen molar-refractivity contribution in [2.75, 3.05) is 33.5 Å². The second kappa shape index (κ2) is 16.4. The molecule has 0 bridgehead atoms. The van der Waals surface area contributed by atoms with Crippen LogP contribution in [0.4, 0.5) is 0 Å². The Bertz CT molecular complexity index is 1690. The van der Waals surface area contributed by atoms with Crippen LogP contribution < -0.4 is 18.9 Å². The topological polar surface area (TPSA) is 78.9 Å². The number of epoxide rings is 1. The van der Waals surface area contributed by atoms with Crippen molar-refractivity contribution >= 4 is 7.85 Å². The Morgan fingerprint density at radius 2 is 1.06 bits per heavy atom. The molecule has 0 amide bonds. The van der Waals surface area contributed by atoms with E-state index < -0.39 is 11.6 Å². The molecule has 1 aliphatic heterocycles. The van der Waals surface area contributed by atoms with E-state index in [1.807, 2.05) is 48.5 Å². The van der Waals surface area contributed by atoms with Crippen LogP contribution in [0.3, 0.4) is 0 Å². The highest BCUT2D eigenvalue weighted by Gasteiger charge is 2.28. The van der Waals surface area contributed by atoms with Crippen molar-refractivity contribution in [3.05, 3.63) is 119 Å². The Morgan fingerprint density at radius 1 is 0.654 bits per heavy atom. The summed E-state index contributed by atoms with van der Waals surface area (Å²) in [4.78, 5) is 0. The van der Waals surface area contributed by atoms with Gasteiger partial charge in [-0.05, 0) is 91.6 Å². The van der Waals surface area contributed by atoms with Gasteiger partial charge in [-0.1, -0.05) is 76.2 Å². The zero-order chi connectivity index (χ0) is 37.6. The molecule has 5 rings (SSSR count). The highest BCUT2D eigenvalue weighted by molar-refractivity contribution is 6.14. The molecule has 4 aromatic carbocycles. The maximum atomic E-state index is 10.8. The summed E-state index contributed by atoms with van der Waals surface area (Å²) in [5.74, 6) is 2.99. The average Bonchev–Trinajstić information content (AvgIpc) is 3.94. The fraction of sp³-hybridized carbons (Fsp3) is 0.455. The van der Waals surface area contributed by atoms with E-state index in [1.165, 1.54) is 11.1 Å². The van der Waals surface area contributed by atoms with E-state index in [-0.39, 0.29) is 35.6 Å². The van der Waals surface area contributed by atoms with Crippen LogP contribution >= 0.6 is 0 Å². The fourth-order valence-electron chi connectivity index (χ4n) is 6.25. The number of aliphatic hydroxyl groups is 1. The largest absolute Gasteiger partial charge is 0.498 e. The summed E-state index contributed by atoms with van der Waals surface area (Å²) >= 11 is 0. The van der Waals surface area contributed by atoms with E-state index in [9.17, 15) is 5.11 Å². The van der Waals surface area contributed by atoms with Crippen LogP contribution in [0.25, 0.3) is 0 Å². The summed E-state index contributed by atoms with van der Waals surface area (Å²) in [6.45, 7) is 16.8. The molecular weight excluding hydrogens is 651 g/mol. The van der Waals surface area contributed by atoms with Gasteiger partial charge >= 0.3 is 0 Å². The summed E-state index contributed by atoms with van der Waals surface area (Å²) in [6, 6.07) is 32.5. The van der Waals surface area contributed by atoms with Crippen molar-refractivity contribution in [1.82, 2.24) is 0 Å². The molecule has 8 heteroatoms. The van der Waals surface area contributed by atoms with Gasteiger partial charge in [0.2, 0.25) is 0 Å². The molecule has 1 saturated heterocycles. The van der Waals surface area contributed by atoms with Crippen molar-refractivity contribution in [2.45, 2.75) is 95.4 Å². The molecule has 1 fully saturated rings. The molecule has 0 spiro atoms. The van der Waals surface area contributed by atoms with Crippen LogP contribution in [-0.4, -0.2) is 69.8 Å². The highest BCUT2D eigenvalue weighted by atomic mass is 16.6. The maximum Gasteiger partial charge on any atom is 0.131 e. The molecule has 3 atom stereocenters. The van der Waals surface area contributed by atoms with E-state index >= 15 is 0 Å². The van der Waals surface area contributed by atoms with Gasteiger partial charge in [0.25, 0.3) is 0 Å². The Hall–Kier alpha value is -3.98. The van der Waals surface area contributed by atoms with Crippen molar-refractivity contribution in [3.63, 3.8) is 0 Å². The van der Waals surface area contributed by atoms with Crippen molar-refractivity contribution in [1.29, 1.82) is 0 Å². The second-order valence-electron chi connectivity index (χ2n) is 15.8. The van der Waals surface area contributed by atoms with Crippen LogP contribution in [0.5, 0.6) is 23.0 Å². The molecule has 1 N–H and O–H groups in total. The molecule has 3 unspecified atom stereocenters. The first-order valence-corrected chi connectivity index (χ1v) is 18.2. The smallest absolute Gasteiger partial charge is 0.131 e. The molecular formula is C44H55BO7. The molecule has 0 aromatic heterocycles. The lowest BCUT2D eigenvalue weighted by Gasteiger charge is -2.30. The molecule has 0 aliphatic carbocycles. The summed E-state index contributed by atoms with van der Waals surface area (Å²) in [5, 5.41) is 10.8. The number of hydrogen-bond donors (Lipinski definition) is 1. The van der Waals surface area contributed by atoms with Crippen LogP contribution in [0.2, 0.25) is 0 Å². The first-order valence-electron chi connectivity index (χ1n) is 18.2. The van der Waals surface area contributed by atoms with Gasteiger partial charge in [0.15, 0.2) is 0 Å². The second-order valence-corrected chi connectivity index (χ2v) is 15.8. The summed E-state index contributed by atoms with van der Waals surface area (Å²) < 4.78 is 34.5.